The molecule has 1 aliphatic rings. The first-order valence-corrected chi connectivity index (χ1v) is 12.8. The Hall–Kier alpha value is -2.97. The highest BCUT2D eigenvalue weighted by molar-refractivity contribution is 7.92. The third kappa shape index (κ3) is 5.56. The van der Waals surface area contributed by atoms with E-state index in [0.717, 1.165) is 5.39 Å². The predicted molar refractivity (Wildman–Crippen MR) is 133 cm³/mol. The van der Waals surface area contributed by atoms with Crippen molar-refractivity contribution in [3.05, 3.63) is 65.7 Å². The molecule has 1 aliphatic heterocycles. The maximum absolute atomic E-state index is 12.9. The van der Waals surface area contributed by atoms with E-state index >= 15 is 0 Å². The van der Waals surface area contributed by atoms with Crippen molar-refractivity contribution in [3.63, 3.8) is 0 Å². The van der Waals surface area contributed by atoms with Gasteiger partial charge in [0.2, 0.25) is 0 Å². The highest BCUT2D eigenvalue weighted by atomic mass is 35.5. The molecule has 1 amide bonds. The summed E-state index contributed by atoms with van der Waals surface area (Å²) in [5.41, 5.74) is -0.110. The van der Waals surface area contributed by atoms with Gasteiger partial charge in [0.1, 0.15) is 17.5 Å². The fourth-order valence-corrected chi connectivity index (χ4v) is 4.98. The normalized spacial score (nSPS) is 16.5. The average molecular weight is 503 g/mol. The fraction of sp³-hybridized carbons (Fsp3) is 0.320. The third-order valence-electron chi connectivity index (χ3n) is 5.34. The predicted octanol–water partition coefficient (Wildman–Crippen LogP) is 5.68. The number of sulfonamides is 1. The van der Waals surface area contributed by atoms with E-state index in [2.05, 4.69) is 4.72 Å². The van der Waals surface area contributed by atoms with E-state index < -0.39 is 15.6 Å². The monoisotopic (exact) mass is 502 g/mol. The molecule has 180 valence electrons. The summed E-state index contributed by atoms with van der Waals surface area (Å²) in [6.45, 7) is 6.49. The zero-order valence-electron chi connectivity index (χ0n) is 19.2. The number of ether oxygens (including phenoxy) is 2. The first-order chi connectivity index (χ1) is 16.0. The lowest BCUT2D eigenvalue weighted by Gasteiger charge is -2.24. The minimum absolute atomic E-state index is 0.120. The molecular formula is C25H27ClN2O5S. The Morgan fingerprint density at radius 2 is 1.71 bits per heavy atom. The quantitative estimate of drug-likeness (QED) is 0.485. The van der Waals surface area contributed by atoms with Crippen molar-refractivity contribution in [3.8, 4) is 5.75 Å². The Labute approximate surface area is 204 Å². The summed E-state index contributed by atoms with van der Waals surface area (Å²) in [6, 6.07) is 16.8. The summed E-state index contributed by atoms with van der Waals surface area (Å²) in [7, 11) is -3.80. The van der Waals surface area contributed by atoms with Crippen molar-refractivity contribution < 1.29 is 22.7 Å². The Bertz CT molecular complexity index is 1300. The molecule has 0 unspecified atom stereocenters. The van der Waals surface area contributed by atoms with E-state index in [4.69, 9.17) is 21.1 Å². The summed E-state index contributed by atoms with van der Waals surface area (Å²) in [5, 5.41) is 1.94. The molecule has 1 fully saturated rings. The molecule has 0 bridgehead atoms. The number of rotatable bonds is 5. The fourth-order valence-electron chi connectivity index (χ4n) is 3.78. The number of nitrogens with zero attached hydrogens (tertiary/aromatic N) is 1. The van der Waals surface area contributed by atoms with Gasteiger partial charge in [-0.1, -0.05) is 35.9 Å². The van der Waals surface area contributed by atoms with Crippen LogP contribution in [-0.4, -0.2) is 44.2 Å². The van der Waals surface area contributed by atoms with Crippen molar-refractivity contribution in [2.75, 3.05) is 17.8 Å². The van der Waals surface area contributed by atoms with Gasteiger partial charge in [0.05, 0.1) is 17.1 Å². The van der Waals surface area contributed by atoms with Crippen molar-refractivity contribution in [2.24, 2.45) is 0 Å². The summed E-state index contributed by atoms with van der Waals surface area (Å²) < 4.78 is 40.1. The van der Waals surface area contributed by atoms with Crippen molar-refractivity contribution in [2.45, 2.75) is 43.8 Å². The van der Waals surface area contributed by atoms with Crippen LogP contribution in [-0.2, 0) is 14.8 Å². The molecule has 1 atom stereocenters. The highest BCUT2D eigenvalue weighted by Crippen LogP contribution is 2.34. The van der Waals surface area contributed by atoms with Crippen LogP contribution in [0, 0.1) is 0 Å². The molecule has 0 spiro atoms. The molecule has 34 heavy (non-hydrogen) atoms. The van der Waals surface area contributed by atoms with E-state index in [0.29, 0.717) is 41.4 Å². The topological polar surface area (TPSA) is 84.9 Å². The number of benzene rings is 3. The van der Waals surface area contributed by atoms with Crippen LogP contribution in [0.5, 0.6) is 5.75 Å². The van der Waals surface area contributed by atoms with E-state index in [1.165, 1.54) is 24.3 Å². The zero-order chi connectivity index (χ0) is 24.5. The molecule has 9 heteroatoms. The number of likely N-dealkylation sites (tertiary alicyclic amines) is 1. The van der Waals surface area contributed by atoms with Gasteiger partial charge >= 0.3 is 6.09 Å². The summed E-state index contributed by atoms with van der Waals surface area (Å²) in [5.74, 6) is 0.626. The van der Waals surface area contributed by atoms with Gasteiger partial charge in [-0.2, -0.15) is 0 Å². The molecule has 1 heterocycles. The molecule has 3 aromatic carbocycles. The lowest BCUT2D eigenvalue weighted by atomic mass is 10.1. The molecule has 0 aliphatic carbocycles. The molecular weight excluding hydrogens is 476 g/mol. The van der Waals surface area contributed by atoms with Crippen LogP contribution in [0.1, 0.15) is 27.2 Å². The van der Waals surface area contributed by atoms with Gasteiger partial charge in [0, 0.05) is 28.8 Å². The Morgan fingerprint density at radius 1 is 1.03 bits per heavy atom. The van der Waals surface area contributed by atoms with Gasteiger partial charge < -0.3 is 14.4 Å². The maximum Gasteiger partial charge on any atom is 0.410 e. The molecule has 1 saturated heterocycles. The number of nitrogens with one attached hydrogen (secondary N) is 1. The molecule has 7 nitrogen and oxygen atoms in total. The second-order valence-electron chi connectivity index (χ2n) is 9.17. The van der Waals surface area contributed by atoms with Crippen LogP contribution in [0.25, 0.3) is 10.8 Å². The van der Waals surface area contributed by atoms with Crippen molar-refractivity contribution in [1.29, 1.82) is 0 Å². The Morgan fingerprint density at radius 3 is 2.38 bits per heavy atom. The van der Waals surface area contributed by atoms with E-state index in [-0.39, 0.29) is 17.1 Å². The minimum atomic E-state index is -3.80. The van der Waals surface area contributed by atoms with Crippen LogP contribution >= 0.6 is 11.6 Å². The number of carbonyl (C=O) groups is 1. The number of halogens is 1. The van der Waals surface area contributed by atoms with Gasteiger partial charge in [0.15, 0.2) is 0 Å². The molecule has 0 saturated carbocycles. The lowest BCUT2D eigenvalue weighted by Crippen LogP contribution is -2.36. The third-order valence-corrected chi connectivity index (χ3v) is 6.98. The number of anilines is 1. The largest absolute Gasteiger partial charge is 0.488 e. The van der Waals surface area contributed by atoms with Gasteiger partial charge in [-0.25, -0.2) is 13.2 Å². The number of fused-ring (bicyclic) bond motifs is 1. The van der Waals surface area contributed by atoms with Gasteiger partial charge in [0.25, 0.3) is 10.0 Å². The summed E-state index contributed by atoms with van der Waals surface area (Å²) in [4.78, 5) is 14.1. The SMILES string of the molecule is CC(C)(C)OC(=O)N1CC[C@@H](Oc2ccc(NS(=O)(=O)c3ccc(Cl)cc3)c3ccccc23)C1. The van der Waals surface area contributed by atoms with Crippen molar-refractivity contribution >= 4 is 44.2 Å². The van der Waals surface area contributed by atoms with Crippen LogP contribution in [0.2, 0.25) is 5.02 Å². The molecule has 4 rings (SSSR count). The number of amides is 1. The lowest BCUT2D eigenvalue weighted by molar-refractivity contribution is 0.0276. The van der Waals surface area contributed by atoms with E-state index in [1.54, 1.807) is 17.0 Å². The Balaban J connectivity index is 1.54. The van der Waals surface area contributed by atoms with Gasteiger partial charge in [-0.15, -0.1) is 0 Å². The first kappa shape index (κ1) is 24.2. The molecule has 3 aromatic rings. The zero-order valence-corrected chi connectivity index (χ0v) is 20.8. The number of carbonyl (C=O) groups excluding carboxylic acids is 1. The van der Waals surface area contributed by atoms with Gasteiger partial charge in [-0.05, 0) is 57.2 Å². The van der Waals surface area contributed by atoms with E-state index in [1.807, 2.05) is 45.0 Å². The second kappa shape index (κ2) is 9.35. The minimum Gasteiger partial charge on any atom is -0.488 e. The Kier molecular flexibility index (Phi) is 6.64. The van der Waals surface area contributed by atoms with Crippen LogP contribution in [0.3, 0.4) is 0 Å². The van der Waals surface area contributed by atoms with Crippen molar-refractivity contribution in [1.82, 2.24) is 4.90 Å². The summed E-state index contributed by atoms with van der Waals surface area (Å²) >= 11 is 5.88. The first-order valence-electron chi connectivity index (χ1n) is 11.0. The van der Waals surface area contributed by atoms with Crippen LogP contribution in [0.4, 0.5) is 10.5 Å². The maximum atomic E-state index is 12.9. The smallest absolute Gasteiger partial charge is 0.410 e. The number of hydrogen-bond donors (Lipinski definition) is 1. The average Bonchev–Trinajstić information content (AvgIpc) is 3.23. The second-order valence-corrected chi connectivity index (χ2v) is 11.3. The highest BCUT2D eigenvalue weighted by Gasteiger charge is 2.31. The molecule has 1 N–H and O–H groups in total. The van der Waals surface area contributed by atoms with Crippen LogP contribution < -0.4 is 9.46 Å². The van der Waals surface area contributed by atoms with Gasteiger partial charge in [-0.3, -0.25) is 4.72 Å². The van der Waals surface area contributed by atoms with E-state index in [9.17, 15) is 13.2 Å². The molecule has 0 radical (unpaired) electrons. The standard InChI is InChI=1S/C25H27ClN2O5S/c1-25(2,3)33-24(29)28-15-14-18(16-28)32-23-13-12-22(20-6-4-5-7-21(20)23)27-34(30,31)19-10-8-17(26)9-11-19/h4-13,18,27H,14-16H2,1-3H3/t18-/m1/s1. The van der Waals surface area contributed by atoms with Crippen LogP contribution in [0.15, 0.2) is 65.6 Å². The summed E-state index contributed by atoms with van der Waals surface area (Å²) in [6.07, 6.45) is 0.140. The molecule has 0 aromatic heterocycles. The number of hydrogen-bond acceptors (Lipinski definition) is 5.